The van der Waals surface area contributed by atoms with Crippen molar-refractivity contribution >= 4 is 12.2 Å². The third kappa shape index (κ3) is 3.55. The molecule has 0 heterocycles. The predicted molar refractivity (Wildman–Crippen MR) is 81.6 cm³/mol. The van der Waals surface area contributed by atoms with E-state index in [1.165, 1.54) is 0 Å². The van der Waals surface area contributed by atoms with Crippen LogP contribution >= 0.6 is 0 Å². The van der Waals surface area contributed by atoms with Gasteiger partial charge in [-0.05, 0) is 22.6 Å². The highest BCUT2D eigenvalue weighted by Gasteiger charge is 2.13. The molecule has 2 aromatic carbocycles. The van der Waals surface area contributed by atoms with Crippen LogP contribution in [0.3, 0.4) is 0 Å². The normalized spacial score (nSPS) is 13.1. The van der Waals surface area contributed by atoms with Crippen molar-refractivity contribution in [3.05, 3.63) is 71.3 Å². The van der Waals surface area contributed by atoms with Crippen molar-refractivity contribution < 1.29 is 5.11 Å². The minimum absolute atomic E-state index is 0.214. The van der Waals surface area contributed by atoms with Gasteiger partial charge in [0.25, 0.3) is 0 Å². The van der Waals surface area contributed by atoms with E-state index >= 15 is 0 Å². The fraction of sp³-hybridized carbons (Fsp3) is 0.222. The molecule has 1 unspecified atom stereocenters. The van der Waals surface area contributed by atoms with E-state index in [-0.39, 0.29) is 5.92 Å². The van der Waals surface area contributed by atoms with E-state index in [2.05, 4.69) is 24.3 Å². The summed E-state index contributed by atoms with van der Waals surface area (Å²) in [6, 6.07) is 18.2. The first kappa shape index (κ1) is 13.6. The van der Waals surface area contributed by atoms with Crippen LogP contribution in [-0.4, -0.2) is 5.11 Å². The molecule has 0 bridgehead atoms. The Balaban J connectivity index is 2.28. The molecule has 0 aromatic heterocycles. The van der Waals surface area contributed by atoms with Gasteiger partial charge in [-0.3, -0.25) is 0 Å². The molecule has 1 atom stereocenters. The highest BCUT2D eigenvalue weighted by Crippen LogP contribution is 2.25. The molecule has 2 rings (SSSR count). The summed E-state index contributed by atoms with van der Waals surface area (Å²) >= 11 is 0. The molecule has 1 heteroatoms. The van der Waals surface area contributed by atoms with Gasteiger partial charge < -0.3 is 5.11 Å². The summed E-state index contributed by atoms with van der Waals surface area (Å²) in [6.45, 7) is 4.06. The Bertz CT molecular complexity index is 541. The Morgan fingerprint density at radius 2 is 1.47 bits per heavy atom. The Kier molecular flexibility index (Phi) is 4.53. The highest BCUT2D eigenvalue weighted by molar-refractivity contribution is 5.71. The van der Waals surface area contributed by atoms with Crippen molar-refractivity contribution in [3.63, 3.8) is 0 Å². The summed E-state index contributed by atoms with van der Waals surface area (Å²) in [6.07, 6.45) is 3.72. The maximum atomic E-state index is 10.2. The average molecular weight is 252 g/mol. The fourth-order valence-corrected chi connectivity index (χ4v) is 2.04. The zero-order valence-electron chi connectivity index (χ0n) is 11.5. The van der Waals surface area contributed by atoms with Gasteiger partial charge >= 0.3 is 0 Å². The van der Waals surface area contributed by atoms with Gasteiger partial charge in [0.05, 0.1) is 6.10 Å². The lowest BCUT2D eigenvalue weighted by Crippen LogP contribution is -2.06. The second kappa shape index (κ2) is 6.35. The smallest absolute Gasteiger partial charge is 0.0818 e. The molecule has 0 aliphatic carbocycles. The van der Waals surface area contributed by atoms with E-state index in [0.29, 0.717) is 0 Å². The van der Waals surface area contributed by atoms with E-state index < -0.39 is 6.10 Å². The first-order valence-corrected chi connectivity index (χ1v) is 6.68. The minimum Gasteiger partial charge on any atom is -0.388 e. The van der Waals surface area contributed by atoms with Crippen LogP contribution in [-0.2, 0) is 0 Å². The van der Waals surface area contributed by atoms with Crippen LogP contribution in [0.25, 0.3) is 12.2 Å². The van der Waals surface area contributed by atoms with E-state index in [1.807, 2.05) is 56.3 Å². The quantitative estimate of drug-likeness (QED) is 0.792. The van der Waals surface area contributed by atoms with Crippen LogP contribution < -0.4 is 0 Å². The second-order valence-corrected chi connectivity index (χ2v) is 5.06. The van der Waals surface area contributed by atoms with Gasteiger partial charge in [0.1, 0.15) is 0 Å². The van der Waals surface area contributed by atoms with E-state index in [9.17, 15) is 5.11 Å². The highest BCUT2D eigenvalue weighted by atomic mass is 16.3. The largest absolute Gasteiger partial charge is 0.388 e. The number of benzene rings is 2. The average Bonchev–Trinajstić information content (AvgIpc) is 2.45. The van der Waals surface area contributed by atoms with Crippen LogP contribution in [0.1, 0.15) is 36.6 Å². The molecule has 0 saturated carbocycles. The number of rotatable bonds is 4. The number of hydrogen-bond donors (Lipinski definition) is 1. The standard InChI is InChI=1S/C18H20O/c1-14(2)18(19)17-11-7-6-10-16(17)13-12-15-8-4-3-5-9-15/h3-14,18-19H,1-2H3. The molecule has 0 spiro atoms. The van der Waals surface area contributed by atoms with Crippen molar-refractivity contribution in [2.45, 2.75) is 20.0 Å². The molecule has 0 saturated heterocycles. The molecule has 98 valence electrons. The topological polar surface area (TPSA) is 20.2 Å². The fourth-order valence-electron chi connectivity index (χ4n) is 2.04. The van der Waals surface area contributed by atoms with Gasteiger partial charge in [-0.1, -0.05) is 80.6 Å². The lowest BCUT2D eigenvalue weighted by molar-refractivity contribution is 0.126. The summed E-state index contributed by atoms with van der Waals surface area (Å²) < 4.78 is 0. The third-order valence-electron chi connectivity index (χ3n) is 3.20. The van der Waals surface area contributed by atoms with Gasteiger partial charge in [-0.2, -0.15) is 0 Å². The summed E-state index contributed by atoms with van der Waals surface area (Å²) in [5.74, 6) is 0.214. The van der Waals surface area contributed by atoms with Crippen molar-refractivity contribution in [2.75, 3.05) is 0 Å². The summed E-state index contributed by atoms with van der Waals surface area (Å²) in [5.41, 5.74) is 3.23. The van der Waals surface area contributed by atoms with Gasteiger partial charge in [0.15, 0.2) is 0 Å². The van der Waals surface area contributed by atoms with E-state index in [4.69, 9.17) is 0 Å². The van der Waals surface area contributed by atoms with Crippen LogP contribution in [0.15, 0.2) is 54.6 Å². The number of aliphatic hydroxyl groups is 1. The SMILES string of the molecule is CC(C)C(O)c1ccccc1C=Cc1ccccc1. The Labute approximate surface area is 115 Å². The Morgan fingerprint density at radius 3 is 2.16 bits per heavy atom. The van der Waals surface area contributed by atoms with Crippen molar-refractivity contribution in [1.82, 2.24) is 0 Å². The summed E-state index contributed by atoms with van der Waals surface area (Å²) in [5, 5.41) is 10.2. The molecule has 0 radical (unpaired) electrons. The lowest BCUT2D eigenvalue weighted by atomic mass is 9.94. The maximum absolute atomic E-state index is 10.2. The first-order chi connectivity index (χ1) is 9.18. The molecule has 1 N–H and O–H groups in total. The molecular formula is C18H20O. The maximum Gasteiger partial charge on any atom is 0.0818 e. The molecular weight excluding hydrogens is 232 g/mol. The molecule has 0 aliphatic rings. The first-order valence-electron chi connectivity index (χ1n) is 6.68. The van der Waals surface area contributed by atoms with Gasteiger partial charge in [0, 0.05) is 0 Å². The number of hydrogen-bond acceptors (Lipinski definition) is 1. The molecule has 2 aromatic rings. The Morgan fingerprint density at radius 1 is 0.842 bits per heavy atom. The van der Waals surface area contributed by atoms with Crippen molar-refractivity contribution in [1.29, 1.82) is 0 Å². The van der Waals surface area contributed by atoms with E-state index in [0.717, 1.165) is 16.7 Å². The molecule has 0 fully saturated rings. The third-order valence-corrected chi connectivity index (χ3v) is 3.20. The monoisotopic (exact) mass is 252 g/mol. The second-order valence-electron chi connectivity index (χ2n) is 5.06. The summed E-state index contributed by atoms with van der Waals surface area (Å²) in [7, 11) is 0. The zero-order valence-corrected chi connectivity index (χ0v) is 11.5. The van der Waals surface area contributed by atoms with Crippen molar-refractivity contribution in [2.24, 2.45) is 5.92 Å². The molecule has 0 amide bonds. The van der Waals surface area contributed by atoms with Crippen LogP contribution in [0.5, 0.6) is 0 Å². The minimum atomic E-state index is -0.420. The number of aliphatic hydroxyl groups excluding tert-OH is 1. The lowest BCUT2D eigenvalue weighted by Gasteiger charge is -2.17. The van der Waals surface area contributed by atoms with E-state index in [1.54, 1.807) is 0 Å². The van der Waals surface area contributed by atoms with Crippen LogP contribution in [0, 0.1) is 5.92 Å². The van der Waals surface area contributed by atoms with Crippen LogP contribution in [0.2, 0.25) is 0 Å². The van der Waals surface area contributed by atoms with Gasteiger partial charge in [-0.15, -0.1) is 0 Å². The molecule has 0 aliphatic heterocycles. The van der Waals surface area contributed by atoms with Crippen LogP contribution in [0.4, 0.5) is 0 Å². The van der Waals surface area contributed by atoms with Gasteiger partial charge in [-0.25, -0.2) is 0 Å². The molecule has 19 heavy (non-hydrogen) atoms. The summed E-state index contributed by atoms with van der Waals surface area (Å²) in [4.78, 5) is 0. The van der Waals surface area contributed by atoms with Gasteiger partial charge in [0.2, 0.25) is 0 Å². The van der Waals surface area contributed by atoms with Crippen molar-refractivity contribution in [3.8, 4) is 0 Å². The predicted octanol–water partition coefficient (Wildman–Crippen LogP) is 4.55. The zero-order chi connectivity index (χ0) is 13.7. The molecule has 1 nitrogen and oxygen atoms in total. The Hall–Kier alpha value is -1.86.